The molecule has 0 saturated carbocycles. The lowest BCUT2D eigenvalue weighted by Crippen LogP contribution is -1.99. The first-order chi connectivity index (χ1) is 7.81. The molecule has 1 unspecified atom stereocenters. The van der Waals surface area contributed by atoms with Crippen LogP contribution in [0.1, 0.15) is 67.8 Å². The number of carbonyl (C=O) groups excluding carboxylic acids is 1. The van der Waals surface area contributed by atoms with E-state index >= 15 is 0 Å². The first-order valence-electron chi connectivity index (χ1n) is 6.37. The fourth-order valence-electron chi connectivity index (χ4n) is 2.12. The SMILES string of the molecule is CCCCC(CCC)c1ccc(C=O)cc1. The van der Waals surface area contributed by atoms with Crippen molar-refractivity contribution in [2.24, 2.45) is 0 Å². The second kappa shape index (κ2) is 7.21. The molecule has 1 aromatic carbocycles. The van der Waals surface area contributed by atoms with Gasteiger partial charge in [-0.25, -0.2) is 0 Å². The number of benzene rings is 1. The molecule has 0 aliphatic carbocycles. The summed E-state index contributed by atoms with van der Waals surface area (Å²) in [6, 6.07) is 8.08. The standard InChI is InChI=1S/C15H22O/c1-3-5-7-14(6-4-2)15-10-8-13(12-16)9-11-15/h8-12,14H,3-7H2,1-2H3. The minimum absolute atomic E-state index is 0.672. The van der Waals surface area contributed by atoms with E-state index in [-0.39, 0.29) is 0 Å². The van der Waals surface area contributed by atoms with Gasteiger partial charge in [0.15, 0.2) is 0 Å². The molecule has 0 bridgehead atoms. The second-order valence-electron chi connectivity index (χ2n) is 4.41. The van der Waals surface area contributed by atoms with E-state index in [2.05, 4.69) is 26.0 Å². The number of hydrogen-bond acceptors (Lipinski definition) is 1. The van der Waals surface area contributed by atoms with Crippen LogP contribution in [0.15, 0.2) is 24.3 Å². The van der Waals surface area contributed by atoms with Crippen LogP contribution in [-0.2, 0) is 0 Å². The van der Waals surface area contributed by atoms with Gasteiger partial charge in [0.25, 0.3) is 0 Å². The van der Waals surface area contributed by atoms with Crippen molar-refractivity contribution in [1.82, 2.24) is 0 Å². The lowest BCUT2D eigenvalue weighted by Gasteiger charge is -2.16. The van der Waals surface area contributed by atoms with Crippen molar-refractivity contribution in [1.29, 1.82) is 0 Å². The predicted octanol–water partition coefficient (Wildman–Crippen LogP) is 4.57. The molecular formula is C15H22O. The third kappa shape index (κ3) is 3.80. The molecule has 0 radical (unpaired) electrons. The summed E-state index contributed by atoms with van der Waals surface area (Å²) in [5.74, 6) is 0.672. The number of carbonyl (C=O) groups is 1. The number of rotatable bonds is 7. The Balaban J connectivity index is 2.70. The van der Waals surface area contributed by atoms with Crippen LogP contribution in [0.5, 0.6) is 0 Å². The van der Waals surface area contributed by atoms with Gasteiger partial charge in [0.2, 0.25) is 0 Å². The molecular weight excluding hydrogens is 196 g/mol. The van der Waals surface area contributed by atoms with Gasteiger partial charge in [-0.05, 0) is 24.3 Å². The molecule has 1 rings (SSSR count). The molecule has 0 aliphatic rings. The summed E-state index contributed by atoms with van der Waals surface area (Å²) in [4.78, 5) is 10.6. The van der Waals surface area contributed by atoms with Crippen molar-refractivity contribution in [2.45, 2.75) is 51.9 Å². The topological polar surface area (TPSA) is 17.1 Å². The predicted molar refractivity (Wildman–Crippen MR) is 69.0 cm³/mol. The Morgan fingerprint density at radius 1 is 1.06 bits per heavy atom. The average molecular weight is 218 g/mol. The van der Waals surface area contributed by atoms with Crippen LogP contribution in [-0.4, -0.2) is 6.29 Å². The van der Waals surface area contributed by atoms with Gasteiger partial charge >= 0.3 is 0 Å². The summed E-state index contributed by atoms with van der Waals surface area (Å²) >= 11 is 0. The monoisotopic (exact) mass is 218 g/mol. The molecule has 16 heavy (non-hydrogen) atoms. The highest BCUT2D eigenvalue weighted by atomic mass is 16.1. The Bertz CT molecular complexity index is 300. The number of unbranched alkanes of at least 4 members (excludes halogenated alkanes) is 1. The van der Waals surface area contributed by atoms with Gasteiger partial charge in [0.1, 0.15) is 6.29 Å². The zero-order valence-electron chi connectivity index (χ0n) is 10.4. The summed E-state index contributed by atoms with van der Waals surface area (Å²) in [5.41, 5.74) is 2.16. The van der Waals surface area contributed by atoms with Crippen molar-refractivity contribution in [3.63, 3.8) is 0 Å². The van der Waals surface area contributed by atoms with Crippen LogP contribution >= 0.6 is 0 Å². The normalized spacial score (nSPS) is 12.4. The Morgan fingerprint density at radius 3 is 2.25 bits per heavy atom. The highest BCUT2D eigenvalue weighted by molar-refractivity contribution is 5.74. The van der Waals surface area contributed by atoms with Crippen LogP contribution in [0.4, 0.5) is 0 Å². The summed E-state index contributed by atoms with van der Waals surface area (Å²) in [5, 5.41) is 0. The minimum Gasteiger partial charge on any atom is -0.298 e. The van der Waals surface area contributed by atoms with E-state index in [1.54, 1.807) is 0 Å². The van der Waals surface area contributed by atoms with E-state index < -0.39 is 0 Å². The maximum Gasteiger partial charge on any atom is 0.150 e. The molecule has 0 fully saturated rings. The number of aldehydes is 1. The van der Waals surface area contributed by atoms with Gasteiger partial charge in [-0.15, -0.1) is 0 Å². The van der Waals surface area contributed by atoms with Gasteiger partial charge < -0.3 is 0 Å². The van der Waals surface area contributed by atoms with Crippen LogP contribution in [0.25, 0.3) is 0 Å². The third-order valence-corrected chi connectivity index (χ3v) is 3.09. The molecule has 0 aliphatic heterocycles. The van der Waals surface area contributed by atoms with E-state index in [1.807, 2.05) is 12.1 Å². The van der Waals surface area contributed by atoms with Crippen molar-refractivity contribution < 1.29 is 4.79 Å². The van der Waals surface area contributed by atoms with E-state index in [0.717, 1.165) is 11.8 Å². The second-order valence-corrected chi connectivity index (χ2v) is 4.41. The van der Waals surface area contributed by atoms with E-state index in [9.17, 15) is 4.79 Å². The van der Waals surface area contributed by atoms with Crippen LogP contribution in [0.2, 0.25) is 0 Å². The van der Waals surface area contributed by atoms with Gasteiger partial charge in [-0.1, -0.05) is 57.4 Å². The first-order valence-corrected chi connectivity index (χ1v) is 6.37. The van der Waals surface area contributed by atoms with E-state index in [4.69, 9.17) is 0 Å². The van der Waals surface area contributed by atoms with Gasteiger partial charge in [-0.3, -0.25) is 4.79 Å². The quantitative estimate of drug-likeness (QED) is 0.612. The first kappa shape index (κ1) is 13.0. The van der Waals surface area contributed by atoms with E-state index in [0.29, 0.717) is 5.92 Å². The molecule has 1 heteroatoms. The molecule has 0 heterocycles. The highest BCUT2D eigenvalue weighted by Gasteiger charge is 2.09. The molecule has 0 amide bonds. The van der Waals surface area contributed by atoms with Gasteiger partial charge in [0, 0.05) is 5.56 Å². The maximum absolute atomic E-state index is 10.6. The summed E-state index contributed by atoms with van der Waals surface area (Å²) in [6.45, 7) is 4.47. The lowest BCUT2D eigenvalue weighted by atomic mass is 9.89. The molecule has 1 aromatic rings. The van der Waals surface area contributed by atoms with Crippen molar-refractivity contribution in [3.05, 3.63) is 35.4 Å². The lowest BCUT2D eigenvalue weighted by molar-refractivity contribution is 0.112. The Morgan fingerprint density at radius 2 is 1.75 bits per heavy atom. The Hall–Kier alpha value is -1.11. The fourth-order valence-corrected chi connectivity index (χ4v) is 2.12. The zero-order chi connectivity index (χ0) is 11.8. The average Bonchev–Trinajstić information content (AvgIpc) is 2.35. The summed E-state index contributed by atoms with van der Waals surface area (Å²) in [7, 11) is 0. The molecule has 0 aromatic heterocycles. The minimum atomic E-state index is 0.672. The molecule has 88 valence electrons. The summed E-state index contributed by atoms with van der Waals surface area (Å²) < 4.78 is 0. The molecule has 1 atom stereocenters. The van der Waals surface area contributed by atoms with Crippen molar-refractivity contribution >= 4 is 6.29 Å². The zero-order valence-corrected chi connectivity index (χ0v) is 10.4. The van der Waals surface area contributed by atoms with Crippen molar-refractivity contribution in [3.8, 4) is 0 Å². The van der Waals surface area contributed by atoms with Crippen molar-refractivity contribution in [2.75, 3.05) is 0 Å². The highest BCUT2D eigenvalue weighted by Crippen LogP contribution is 2.26. The van der Waals surface area contributed by atoms with Crippen LogP contribution < -0.4 is 0 Å². The molecule has 0 saturated heterocycles. The van der Waals surface area contributed by atoms with Crippen LogP contribution in [0, 0.1) is 0 Å². The molecule has 0 N–H and O–H groups in total. The van der Waals surface area contributed by atoms with Crippen LogP contribution in [0.3, 0.4) is 0 Å². The Kier molecular flexibility index (Phi) is 5.84. The smallest absolute Gasteiger partial charge is 0.150 e. The number of hydrogen-bond donors (Lipinski definition) is 0. The Labute approximate surface area is 98.9 Å². The maximum atomic E-state index is 10.6. The van der Waals surface area contributed by atoms with Gasteiger partial charge in [0.05, 0.1) is 0 Å². The fraction of sp³-hybridized carbons (Fsp3) is 0.533. The summed E-state index contributed by atoms with van der Waals surface area (Å²) in [6.07, 6.45) is 7.20. The van der Waals surface area contributed by atoms with Gasteiger partial charge in [-0.2, -0.15) is 0 Å². The van der Waals surface area contributed by atoms with E-state index in [1.165, 1.54) is 37.7 Å². The molecule has 0 spiro atoms. The third-order valence-electron chi connectivity index (χ3n) is 3.09. The largest absolute Gasteiger partial charge is 0.298 e. The molecule has 1 nitrogen and oxygen atoms in total.